The number of hydrogen-bond donors (Lipinski definition) is 0. The van der Waals surface area contributed by atoms with Crippen molar-refractivity contribution in [3.8, 4) is 0 Å². The third-order valence-electron chi connectivity index (χ3n) is 2.82. The van der Waals surface area contributed by atoms with Crippen molar-refractivity contribution in [2.75, 3.05) is 10.7 Å². The molecule has 3 nitrogen and oxygen atoms in total. The van der Waals surface area contributed by atoms with Gasteiger partial charge in [0.2, 0.25) is 5.91 Å². The lowest BCUT2D eigenvalue weighted by molar-refractivity contribution is -0.115. The molecule has 1 atom stereocenters. The van der Waals surface area contributed by atoms with Crippen LogP contribution >= 0.6 is 39.0 Å². The molecule has 0 saturated carbocycles. The van der Waals surface area contributed by atoms with E-state index in [0.29, 0.717) is 5.75 Å². The highest BCUT2D eigenvalue weighted by atomic mass is 79.9. The molecule has 98 valence electrons. The standard InChI is InChI=1S/C13H11BrN2OS2/c1-8-6-15-13(19-8)16-11(17)7-18-12(16)9-3-2-4-10(14)5-9/h2-6,12H,7H2,1H3/t12-/m0/s1. The zero-order chi connectivity index (χ0) is 13.4. The molecule has 2 aromatic rings. The van der Waals surface area contributed by atoms with Gasteiger partial charge in [-0.15, -0.1) is 23.1 Å². The normalized spacial score (nSPS) is 19.2. The molecule has 0 radical (unpaired) electrons. The van der Waals surface area contributed by atoms with Crippen molar-refractivity contribution in [3.63, 3.8) is 0 Å². The number of benzene rings is 1. The number of carbonyl (C=O) groups excluding carboxylic acids is 1. The monoisotopic (exact) mass is 354 g/mol. The summed E-state index contributed by atoms with van der Waals surface area (Å²) in [5.41, 5.74) is 1.12. The van der Waals surface area contributed by atoms with Gasteiger partial charge in [0, 0.05) is 15.5 Å². The van der Waals surface area contributed by atoms with Crippen LogP contribution in [0.3, 0.4) is 0 Å². The van der Waals surface area contributed by atoms with E-state index in [0.717, 1.165) is 20.0 Å². The minimum Gasteiger partial charge on any atom is -0.273 e. The quantitative estimate of drug-likeness (QED) is 0.817. The first-order chi connectivity index (χ1) is 9.15. The molecular formula is C13H11BrN2OS2. The summed E-state index contributed by atoms with van der Waals surface area (Å²) in [6, 6.07) is 8.09. The Morgan fingerprint density at radius 3 is 3.00 bits per heavy atom. The van der Waals surface area contributed by atoms with Crippen LogP contribution < -0.4 is 4.90 Å². The van der Waals surface area contributed by atoms with Crippen molar-refractivity contribution in [1.82, 2.24) is 4.98 Å². The largest absolute Gasteiger partial charge is 0.273 e. The van der Waals surface area contributed by atoms with Crippen LogP contribution in [0.5, 0.6) is 0 Å². The van der Waals surface area contributed by atoms with Crippen LogP contribution in [0, 0.1) is 6.92 Å². The molecule has 1 aromatic carbocycles. The van der Waals surface area contributed by atoms with E-state index in [-0.39, 0.29) is 11.3 Å². The average Bonchev–Trinajstić information content (AvgIpc) is 2.95. The summed E-state index contributed by atoms with van der Waals surface area (Å²) in [7, 11) is 0. The number of rotatable bonds is 2. The Kier molecular flexibility index (Phi) is 3.64. The van der Waals surface area contributed by atoms with E-state index in [4.69, 9.17) is 0 Å². The van der Waals surface area contributed by atoms with E-state index in [1.165, 1.54) is 0 Å². The molecule has 19 heavy (non-hydrogen) atoms. The minimum absolute atomic E-state index is 0.0237. The summed E-state index contributed by atoms with van der Waals surface area (Å²) in [6.07, 6.45) is 1.81. The number of thiazole rings is 1. The highest BCUT2D eigenvalue weighted by Gasteiger charge is 2.35. The zero-order valence-corrected chi connectivity index (χ0v) is 13.4. The Morgan fingerprint density at radius 2 is 2.32 bits per heavy atom. The minimum atomic E-state index is 0.0237. The second-order valence-corrected chi connectivity index (χ2v) is 7.43. The van der Waals surface area contributed by atoms with Crippen LogP contribution in [-0.4, -0.2) is 16.6 Å². The summed E-state index contributed by atoms with van der Waals surface area (Å²) in [4.78, 5) is 19.4. The van der Waals surface area contributed by atoms with Gasteiger partial charge in [-0.25, -0.2) is 4.98 Å². The lowest BCUT2D eigenvalue weighted by Crippen LogP contribution is -2.27. The highest BCUT2D eigenvalue weighted by Crippen LogP contribution is 2.43. The Morgan fingerprint density at radius 1 is 1.47 bits per heavy atom. The Hall–Kier alpha value is -0.850. The number of aryl methyl sites for hydroxylation is 1. The van der Waals surface area contributed by atoms with Gasteiger partial charge in [-0.1, -0.05) is 28.1 Å². The van der Waals surface area contributed by atoms with Gasteiger partial charge in [0.1, 0.15) is 5.37 Å². The summed E-state index contributed by atoms with van der Waals surface area (Å²) >= 11 is 6.69. The maximum atomic E-state index is 12.1. The van der Waals surface area contributed by atoms with Gasteiger partial charge in [-0.05, 0) is 24.6 Å². The predicted octanol–water partition coefficient (Wildman–Crippen LogP) is 3.99. The van der Waals surface area contributed by atoms with Crippen molar-refractivity contribution >= 4 is 50.1 Å². The van der Waals surface area contributed by atoms with Crippen LogP contribution in [0.25, 0.3) is 0 Å². The molecular weight excluding hydrogens is 344 g/mol. The third kappa shape index (κ3) is 2.57. The van der Waals surface area contributed by atoms with Crippen molar-refractivity contribution < 1.29 is 4.79 Å². The van der Waals surface area contributed by atoms with Gasteiger partial charge in [0.25, 0.3) is 0 Å². The average molecular weight is 355 g/mol. The Balaban J connectivity index is 1.99. The molecule has 1 saturated heterocycles. The molecule has 0 spiro atoms. The highest BCUT2D eigenvalue weighted by molar-refractivity contribution is 9.10. The topological polar surface area (TPSA) is 33.2 Å². The molecule has 0 aliphatic carbocycles. The number of nitrogens with zero attached hydrogens (tertiary/aromatic N) is 2. The molecule has 3 rings (SSSR count). The van der Waals surface area contributed by atoms with Crippen LogP contribution in [0.15, 0.2) is 34.9 Å². The number of aromatic nitrogens is 1. The van der Waals surface area contributed by atoms with Crippen LogP contribution in [-0.2, 0) is 4.79 Å². The van der Waals surface area contributed by atoms with E-state index in [9.17, 15) is 4.79 Å². The van der Waals surface area contributed by atoms with Crippen LogP contribution in [0.1, 0.15) is 15.8 Å². The zero-order valence-electron chi connectivity index (χ0n) is 10.2. The van der Waals surface area contributed by atoms with Gasteiger partial charge in [-0.3, -0.25) is 9.69 Å². The smallest absolute Gasteiger partial charge is 0.240 e. The van der Waals surface area contributed by atoms with Crippen molar-refractivity contribution in [3.05, 3.63) is 45.4 Å². The number of hydrogen-bond acceptors (Lipinski definition) is 4. The van der Waals surface area contributed by atoms with Gasteiger partial charge < -0.3 is 0 Å². The van der Waals surface area contributed by atoms with Crippen LogP contribution in [0.4, 0.5) is 5.13 Å². The lowest BCUT2D eigenvalue weighted by Gasteiger charge is -2.21. The van der Waals surface area contributed by atoms with Crippen molar-refractivity contribution in [2.24, 2.45) is 0 Å². The summed E-state index contributed by atoms with van der Waals surface area (Å²) in [5, 5.41) is 0.813. The first-order valence-electron chi connectivity index (χ1n) is 5.77. The van der Waals surface area contributed by atoms with E-state index in [1.807, 2.05) is 30.2 Å². The van der Waals surface area contributed by atoms with E-state index in [1.54, 1.807) is 23.1 Å². The number of amides is 1. The fraction of sp³-hybridized carbons (Fsp3) is 0.231. The first-order valence-corrected chi connectivity index (χ1v) is 8.42. The predicted molar refractivity (Wildman–Crippen MR) is 83.7 cm³/mol. The number of halogens is 1. The Labute approximate surface area is 128 Å². The fourth-order valence-corrected chi connectivity index (χ4v) is 4.42. The molecule has 1 fully saturated rings. The van der Waals surface area contributed by atoms with E-state index < -0.39 is 0 Å². The molecule has 1 aromatic heterocycles. The summed E-state index contributed by atoms with van der Waals surface area (Å²) in [5.74, 6) is 0.639. The number of carbonyl (C=O) groups is 1. The summed E-state index contributed by atoms with van der Waals surface area (Å²) in [6.45, 7) is 2.00. The second kappa shape index (κ2) is 5.26. The lowest BCUT2D eigenvalue weighted by atomic mass is 10.2. The van der Waals surface area contributed by atoms with Crippen molar-refractivity contribution in [1.29, 1.82) is 0 Å². The van der Waals surface area contributed by atoms with Crippen molar-refractivity contribution in [2.45, 2.75) is 12.3 Å². The SMILES string of the molecule is Cc1cnc(N2C(=O)CS[C@H]2c2cccc(Br)c2)s1. The molecule has 2 heterocycles. The third-order valence-corrected chi connectivity index (χ3v) is 5.43. The van der Waals surface area contributed by atoms with E-state index >= 15 is 0 Å². The van der Waals surface area contributed by atoms with Gasteiger partial charge in [0.05, 0.1) is 5.75 Å². The molecule has 0 unspecified atom stereocenters. The van der Waals surface area contributed by atoms with Crippen LogP contribution in [0.2, 0.25) is 0 Å². The molecule has 6 heteroatoms. The maximum absolute atomic E-state index is 12.1. The summed E-state index contributed by atoms with van der Waals surface area (Å²) < 4.78 is 1.03. The molecule has 0 bridgehead atoms. The van der Waals surface area contributed by atoms with Gasteiger partial charge >= 0.3 is 0 Å². The Bertz CT molecular complexity index is 629. The number of thioether (sulfide) groups is 1. The molecule has 1 aliphatic rings. The molecule has 1 aliphatic heterocycles. The van der Waals surface area contributed by atoms with E-state index in [2.05, 4.69) is 33.0 Å². The fourth-order valence-electron chi connectivity index (χ4n) is 1.99. The maximum Gasteiger partial charge on any atom is 0.240 e. The molecule has 1 amide bonds. The first kappa shape index (κ1) is 13.1. The second-order valence-electron chi connectivity index (χ2n) is 4.24. The van der Waals surface area contributed by atoms with Gasteiger partial charge in [-0.2, -0.15) is 0 Å². The number of anilines is 1. The molecule has 0 N–H and O–H groups in total. The van der Waals surface area contributed by atoms with Gasteiger partial charge in [0.15, 0.2) is 5.13 Å².